The highest BCUT2D eigenvalue weighted by Gasteiger charge is 2.31. The van der Waals surface area contributed by atoms with Gasteiger partial charge in [0.25, 0.3) is 5.91 Å². The fraction of sp³-hybridized carbons (Fsp3) is 0.296. The normalized spacial score (nSPS) is 14.3. The monoisotopic (exact) mass is 468 g/mol. The molecule has 0 aromatic heterocycles. The average molecular weight is 469 g/mol. The first-order valence-corrected chi connectivity index (χ1v) is 11.2. The summed E-state index contributed by atoms with van der Waals surface area (Å²) in [4.78, 5) is 14.7. The topological polar surface area (TPSA) is 41.6 Å². The molecule has 1 amide bonds. The Morgan fingerprint density at radius 3 is 2.32 bits per heavy atom. The number of amides is 1. The maximum Gasteiger partial charge on any atom is 0.573 e. The smallest absolute Gasteiger partial charge is 0.406 e. The van der Waals surface area contributed by atoms with Gasteiger partial charge in [0.1, 0.15) is 5.75 Å². The number of alkyl halides is 3. The summed E-state index contributed by atoms with van der Waals surface area (Å²) in [5.41, 5.74) is 6.91. The van der Waals surface area contributed by atoms with Crippen LogP contribution in [-0.2, 0) is 19.6 Å². The number of carbonyl (C=O) groups excluding carboxylic acids is 1. The Hall–Kier alpha value is -3.32. The minimum atomic E-state index is -4.73. The summed E-state index contributed by atoms with van der Waals surface area (Å²) in [6, 6.07) is 18.4. The van der Waals surface area contributed by atoms with Crippen molar-refractivity contribution in [2.75, 3.05) is 0 Å². The summed E-state index contributed by atoms with van der Waals surface area (Å²) in [6.45, 7) is 7.60. The largest absolute Gasteiger partial charge is 0.573 e. The second-order valence-corrected chi connectivity index (χ2v) is 8.81. The van der Waals surface area contributed by atoms with E-state index >= 15 is 0 Å². The number of carbonyl (C=O) groups is 1. The molecule has 0 radical (unpaired) electrons. The molecule has 0 spiro atoms. The number of nitrogens with zero attached hydrogens (tertiary/aromatic N) is 1. The minimum absolute atomic E-state index is 0.0596. The molecule has 0 saturated carbocycles. The number of halogens is 3. The lowest BCUT2D eigenvalue weighted by Gasteiger charge is -2.16. The molecule has 1 N–H and O–H groups in total. The Morgan fingerprint density at radius 1 is 1.00 bits per heavy atom. The third kappa shape index (κ3) is 5.59. The minimum Gasteiger partial charge on any atom is -0.406 e. The van der Waals surface area contributed by atoms with E-state index in [9.17, 15) is 18.0 Å². The Labute approximate surface area is 197 Å². The van der Waals surface area contributed by atoms with E-state index in [4.69, 9.17) is 0 Å². The Bertz CT molecular complexity index is 1170. The van der Waals surface area contributed by atoms with Gasteiger partial charge < -0.3 is 15.0 Å². The van der Waals surface area contributed by atoms with Crippen LogP contribution >= 0.6 is 0 Å². The number of benzene rings is 3. The van der Waals surface area contributed by atoms with Crippen molar-refractivity contribution in [3.05, 3.63) is 99.6 Å². The van der Waals surface area contributed by atoms with Crippen molar-refractivity contribution in [3.8, 4) is 5.75 Å². The fourth-order valence-corrected chi connectivity index (χ4v) is 4.30. The number of fused-ring (bicyclic) bond motifs is 1. The first-order valence-electron chi connectivity index (χ1n) is 11.2. The van der Waals surface area contributed by atoms with Gasteiger partial charge in [0, 0.05) is 31.2 Å². The molecule has 0 bridgehead atoms. The second-order valence-electron chi connectivity index (χ2n) is 8.81. The molecular formula is C27H27F3N2O2. The molecule has 1 heterocycles. The van der Waals surface area contributed by atoms with Crippen LogP contribution in [0.2, 0.25) is 0 Å². The van der Waals surface area contributed by atoms with E-state index in [1.165, 1.54) is 23.3 Å². The maximum absolute atomic E-state index is 13.0. The molecule has 1 atom stereocenters. The molecule has 1 aliphatic rings. The highest BCUT2D eigenvalue weighted by molar-refractivity contribution is 5.99. The standard InChI is InChI=1S/C27H27F3N2O2/c1-17-4-8-22(9-5-17)19(3)31-14-21-12-18(2)25-23(13-21)16-32(26(25)33)15-20-6-10-24(11-7-20)34-27(28,29)30/h4-13,19,31H,14-16H2,1-3H3. The van der Waals surface area contributed by atoms with Crippen LogP contribution in [0.5, 0.6) is 5.75 Å². The molecule has 4 rings (SSSR count). The van der Waals surface area contributed by atoms with Crippen molar-refractivity contribution in [3.63, 3.8) is 0 Å². The SMILES string of the molecule is Cc1ccc(C(C)NCc2cc(C)c3c(c2)CN(Cc2ccc(OC(F)(F)F)cc2)C3=O)cc1. The lowest BCUT2D eigenvalue weighted by atomic mass is 10.00. The molecule has 1 unspecified atom stereocenters. The van der Waals surface area contributed by atoms with Crippen molar-refractivity contribution in [2.24, 2.45) is 0 Å². The Balaban J connectivity index is 1.41. The number of nitrogens with one attached hydrogen (secondary N) is 1. The van der Waals surface area contributed by atoms with E-state index in [0.717, 1.165) is 22.3 Å². The molecule has 0 fully saturated rings. The predicted octanol–water partition coefficient (Wildman–Crippen LogP) is 6.21. The molecule has 3 aromatic carbocycles. The third-order valence-electron chi connectivity index (χ3n) is 6.06. The summed E-state index contributed by atoms with van der Waals surface area (Å²) in [6.07, 6.45) is -4.73. The predicted molar refractivity (Wildman–Crippen MR) is 124 cm³/mol. The van der Waals surface area contributed by atoms with E-state index in [2.05, 4.69) is 54.2 Å². The van der Waals surface area contributed by atoms with Gasteiger partial charge >= 0.3 is 6.36 Å². The number of hydrogen-bond acceptors (Lipinski definition) is 3. The number of hydrogen-bond donors (Lipinski definition) is 1. The molecule has 7 heteroatoms. The van der Waals surface area contributed by atoms with Crippen LogP contribution in [0.25, 0.3) is 0 Å². The number of ether oxygens (including phenoxy) is 1. The molecule has 1 aliphatic heterocycles. The molecule has 34 heavy (non-hydrogen) atoms. The van der Waals surface area contributed by atoms with Crippen LogP contribution in [0.1, 0.15) is 56.7 Å². The summed E-state index contributed by atoms with van der Waals surface area (Å²) in [5.74, 6) is -0.337. The van der Waals surface area contributed by atoms with Crippen molar-refractivity contribution in [2.45, 2.75) is 52.8 Å². The Morgan fingerprint density at radius 2 is 1.68 bits per heavy atom. The van der Waals surface area contributed by atoms with Gasteiger partial charge in [0.2, 0.25) is 0 Å². The van der Waals surface area contributed by atoms with E-state index in [-0.39, 0.29) is 17.7 Å². The van der Waals surface area contributed by atoms with Crippen LogP contribution in [0.3, 0.4) is 0 Å². The Kier molecular flexibility index (Phi) is 6.66. The van der Waals surface area contributed by atoms with E-state index in [0.29, 0.717) is 25.2 Å². The quantitative estimate of drug-likeness (QED) is 0.448. The van der Waals surface area contributed by atoms with Crippen LogP contribution < -0.4 is 10.1 Å². The molecule has 0 aliphatic carbocycles. The molecule has 4 nitrogen and oxygen atoms in total. The first-order chi connectivity index (χ1) is 16.1. The first kappa shape index (κ1) is 23.8. The maximum atomic E-state index is 13.0. The van der Waals surface area contributed by atoms with Gasteiger partial charge in [-0.2, -0.15) is 0 Å². The highest BCUT2D eigenvalue weighted by Crippen LogP contribution is 2.30. The highest BCUT2D eigenvalue weighted by atomic mass is 19.4. The van der Waals surface area contributed by atoms with Gasteiger partial charge in [-0.3, -0.25) is 4.79 Å². The van der Waals surface area contributed by atoms with Crippen molar-refractivity contribution in [1.29, 1.82) is 0 Å². The summed E-state index contributed by atoms with van der Waals surface area (Å²) in [7, 11) is 0. The van der Waals surface area contributed by atoms with Crippen LogP contribution in [0.15, 0.2) is 60.7 Å². The fourth-order valence-electron chi connectivity index (χ4n) is 4.30. The van der Waals surface area contributed by atoms with Crippen molar-refractivity contribution < 1.29 is 22.7 Å². The third-order valence-corrected chi connectivity index (χ3v) is 6.06. The molecule has 0 saturated heterocycles. The van der Waals surface area contributed by atoms with E-state index in [1.807, 2.05) is 13.0 Å². The lowest BCUT2D eigenvalue weighted by molar-refractivity contribution is -0.274. The summed E-state index contributed by atoms with van der Waals surface area (Å²) in [5, 5.41) is 3.55. The van der Waals surface area contributed by atoms with E-state index in [1.54, 1.807) is 17.0 Å². The van der Waals surface area contributed by atoms with Crippen LogP contribution in [-0.4, -0.2) is 17.2 Å². The summed E-state index contributed by atoms with van der Waals surface area (Å²) < 4.78 is 41.0. The number of aryl methyl sites for hydroxylation is 2. The zero-order valence-corrected chi connectivity index (χ0v) is 19.4. The van der Waals surface area contributed by atoms with Gasteiger partial charge in [-0.1, -0.05) is 54.1 Å². The van der Waals surface area contributed by atoms with Gasteiger partial charge in [0.15, 0.2) is 0 Å². The zero-order valence-electron chi connectivity index (χ0n) is 19.4. The van der Waals surface area contributed by atoms with Crippen molar-refractivity contribution in [1.82, 2.24) is 10.2 Å². The van der Waals surface area contributed by atoms with Gasteiger partial charge in [-0.05, 0) is 60.7 Å². The number of rotatable bonds is 7. The molecule has 3 aromatic rings. The van der Waals surface area contributed by atoms with Gasteiger partial charge in [-0.15, -0.1) is 13.2 Å². The second kappa shape index (κ2) is 9.50. The van der Waals surface area contributed by atoms with E-state index < -0.39 is 6.36 Å². The average Bonchev–Trinajstić information content (AvgIpc) is 3.08. The lowest BCUT2D eigenvalue weighted by Crippen LogP contribution is -2.23. The molecular weight excluding hydrogens is 441 g/mol. The van der Waals surface area contributed by atoms with Crippen LogP contribution in [0.4, 0.5) is 13.2 Å². The van der Waals surface area contributed by atoms with Crippen molar-refractivity contribution >= 4 is 5.91 Å². The van der Waals surface area contributed by atoms with Gasteiger partial charge in [-0.25, -0.2) is 0 Å². The van der Waals surface area contributed by atoms with Gasteiger partial charge in [0.05, 0.1) is 0 Å². The summed E-state index contributed by atoms with van der Waals surface area (Å²) >= 11 is 0. The molecule has 178 valence electrons. The van der Waals surface area contributed by atoms with Crippen LogP contribution in [0, 0.1) is 13.8 Å². The zero-order chi connectivity index (χ0) is 24.5.